The molecule has 0 spiro atoms. The second-order valence-electron chi connectivity index (χ2n) is 3.60. The minimum atomic E-state index is 0.394. The molecule has 1 heterocycles. The zero-order valence-electron chi connectivity index (χ0n) is 8.95. The van der Waals surface area contributed by atoms with Crippen LogP contribution in [0.4, 0.5) is 0 Å². The third kappa shape index (κ3) is 1.92. The molecule has 0 bridgehead atoms. The van der Waals surface area contributed by atoms with E-state index in [1.54, 1.807) is 0 Å². The maximum atomic E-state index is 5.57. The minimum absolute atomic E-state index is 0.394. The fraction of sp³-hybridized carbons (Fsp3) is 0.250. The van der Waals surface area contributed by atoms with Gasteiger partial charge in [-0.1, -0.05) is 17.7 Å². The van der Waals surface area contributed by atoms with Gasteiger partial charge in [-0.15, -0.1) is 0 Å². The summed E-state index contributed by atoms with van der Waals surface area (Å²) in [6, 6.07) is 8.07. The van der Waals surface area contributed by atoms with Crippen LogP contribution in [0.5, 0.6) is 0 Å². The van der Waals surface area contributed by atoms with Gasteiger partial charge in [0.05, 0.1) is 12.2 Å². The Bertz CT molecular complexity index is 474. The first kappa shape index (κ1) is 9.93. The fourth-order valence-corrected chi connectivity index (χ4v) is 1.52. The quantitative estimate of drug-likeness (QED) is 0.813. The van der Waals surface area contributed by atoms with Gasteiger partial charge in [0.25, 0.3) is 0 Å². The van der Waals surface area contributed by atoms with Crippen molar-refractivity contribution in [2.24, 2.45) is 5.73 Å². The highest BCUT2D eigenvalue weighted by molar-refractivity contribution is 5.54. The van der Waals surface area contributed by atoms with Crippen LogP contribution in [0.2, 0.25) is 0 Å². The van der Waals surface area contributed by atoms with Gasteiger partial charge in [-0.05, 0) is 26.0 Å². The van der Waals surface area contributed by atoms with Crippen molar-refractivity contribution in [3.05, 3.63) is 41.3 Å². The Balaban J connectivity index is 2.45. The zero-order chi connectivity index (χ0) is 10.8. The normalized spacial score (nSPS) is 10.6. The molecule has 0 saturated heterocycles. The Morgan fingerprint density at radius 3 is 2.73 bits per heavy atom. The molecule has 0 unspecified atom stereocenters. The lowest BCUT2D eigenvalue weighted by Crippen LogP contribution is -1.95. The van der Waals surface area contributed by atoms with Gasteiger partial charge in [-0.2, -0.15) is 0 Å². The zero-order valence-corrected chi connectivity index (χ0v) is 8.95. The van der Waals surface area contributed by atoms with E-state index >= 15 is 0 Å². The molecule has 2 N–H and O–H groups in total. The van der Waals surface area contributed by atoms with Gasteiger partial charge in [0, 0.05) is 5.56 Å². The van der Waals surface area contributed by atoms with Gasteiger partial charge in [0.1, 0.15) is 5.76 Å². The summed E-state index contributed by atoms with van der Waals surface area (Å²) in [5.74, 6) is 1.41. The molecule has 2 aromatic rings. The van der Waals surface area contributed by atoms with Crippen molar-refractivity contribution in [1.82, 2.24) is 4.98 Å². The van der Waals surface area contributed by atoms with Crippen LogP contribution >= 0.6 is 0 Å². The van der Waals surface area contributed by atoms with Crippen LogP contribution in [0.15, 0.2) is 28.7 Å². The second-order valence-corrected chi connectivity index (χ2v) is 3.60. The van der Waals surface area contributed by atoms with Gasteiger partial charge in [-0.25, -0.2) is 4.98 Å². The van der Waals surface area contributed by atoms with Crippen LogP contribution in [0.25, 0.3) is 11.5 Å². The van der Waals surface area contributed by atoms with Crippen LogP contribution in [0.1, 0.15) is 17.0 Å². The van der Waals surface area contributed by atoms with Gasteiger partial charge >= 0.3 is 0 Å². The predicted molar refractivity (Wildman–Crippen MR) is 59.3 cm³/mol. The molecule has 15 heavy (non-hydrogen) atoms. The molecular formula is C12H14N2O. The maximum Gasteiger partial charge on any atom is 0.226 e. The molecule has 1 aromatic carbocycles. The number of hydrogen-bond donors (Lipinski definition) is 1. The van der Waals surface area contributed by atoms with Crippen molar-refractivity contribution in [2.75, 3.05) is 0 Å². The van der Waals surface area contributed by atoms with Crippen LogP contribution in [0.3, 0.4) is 0 Å². The summed E-state index contributed by atoms with van der Waals surface area (Å²) in [5.41, 5.74) is 8.60. The van der Waals surface area contributed by atoms with Crippen LogP contribution < -0.4 is 5.73 Å². The lowest BCUT2D eigenvalue weighted by Gasteiger charge is -1.96. The number of hydrogen-bond acceptors (Lipinski definition) is 3. The number of aryl methyl sites for hydroxylation is 2. The number of benzene rings is 1. The van der Waals surface area contributed by atoms with Gasteiger partial charge in [-0.3, -0.25) is 0 Å². The highest BCUT2D eigenvalue weighted by Crippen LogP contribution is 2.22. The smallest absolute Gasteiger partial charge is 0.226 e. The van der Waals surface area contributed by atoms with Gasteiger partial charge in [0.2, 0.25) is 5.89 Å². The van der Waals surface area contributed by atoms with E-state index in [1.807, 2.05) is 38.1 Å². The van der Waals surface area contributed by atoms with Crippen molar-refractivity contribution in [1.29, 1.82) is 0 Å². The number of rotatable bonds is 2. The van der Waals surface area contributed by atoms with E-state index in [-0.39, 0.29) is 0 Å². The summed E-state index contributed by atoms with van der Waals surface area (Å²) in [6.45, 7) is 4.35. The average molecular weight is 202 g/mol. The summed E-state index contributed by atoms with van der Waals surface area (Å²) in [6.07, 6.45) is 0. The average Bonchev–Trinajstić information content (AvgIpc) is 2.60. The highest BCUT2D eigenvalue weighted by Gasteiger charge is 2.09. The van der Waals surface area contributed by atoms with E-state index in [2.05, 4.69) is 4.98 Å². The van der Waals surface area contributed by atoms with Crippen molar-refractivity contribution in [3.8, 4) is 11.5 Å². The van der Waals surface area contributed by atoms with Crippen molar-refractivity contribution in [2.45, 2.75) is 20.4 Å². The molecular weight excluding hydrogens is 188 g/mol. The largest absolute Gasteiger partial charge is 0.440 e. The first-order chi connectivity index (χ1) is 7.20. The molecule has 0 radical (unpaired) electrons. The number of nitrogens with zero attached hydrogens (tertiary/aromatic N) is 1. The van der Waals surface area contributed by atoms with E-state index in [1.165, 1.54) is 5.56 Å². The monoisotopic (exact) mass is 202 g/mol. The summed E-state index contributed by atoms with van der Waals surface area (Å²) in [5, 5.41) is 0. The standard InChI is InChI=1S/C12H14N2O/c1-8-4-3-5-10(6-8)12-14-9(2)11(7-13)15-12/h3-6H,7,13H2,1-2H3. The second kappa shape index (κ2) is 3.87. The molecule has 1 aromatic heterocycles. The highest BCUT2D eigenvalue weighted by atomic mass is 16.4. The summed E-state index contributed by atoms with van der Waals surface area (Å²) >= 11 is 0. The molecule has 3 nitrogen and oxygen atoms in total. The van der Waals surface area contributed by atoms with E-state index in [0.29, 0.717) is 12.4 Å². The molecule has 0 amide bonds. The molecule has 0 fully saturated rings. The number of oxazole rings is 1. The molecule has 2 rings (SSSR count). The topological polar surface area (TPSA) is 52.0 Å². The summed E-state index contributed by atoms with van der Waals surface area (Å²) in [4.78, 5) is 4.35. The van der Waals surface area contributed by atoms with Crippen molar-refractivity contribution < 1.29 is 4.42 Å². The molecule has 0 aliphatic heterocycles. The van der Waals surface area contributed by atoms with E-state index < -0.39 is 0 Å². The Kier molecular flexibility index (Phi) is 2.56. The molecule has 78 valence electrons. The van der Waals surface area contributed by atoms with Crippen LogP contribution in [0, 0.1) is 13.8 Å². The summed E-state index contributed by atoms with van der Waals surface area (Å²) < 4.78 is 5.57. The first-order valence-electron chi connectivity index (χ1n) is 4.94. The molecule has 0 saturated carbocycles. The van der Waals surface area contributed by atoms with Crippen LogP contribution in [-0.4, -0.2) is 4.98 Å². The maximum absolute atomic E-state index is 5.57. The Hall–Kier alpha value is -1.61. The van der Waals surface area contributed by atoms with Gasteiger partial charge in [0.15, 0.2) is 0 Å². The third-order valence-electron chi connectivity index (χ3n) is 2.34. The minimum Gasteiger partial charge on any atom is -0.440 e. The van der Waals surface area contributed by atoms with Crippen molar-refractivity contribution >= 4 is 0 Å². The van der Waals surface area contributed by atoms with E-state index in [9.17, 15) is 0 Å². The van der Waals surface area contributed by atoms with E-state index in [4.69, 9.17) is 10.2 Å². The molecule has 0 atom stereocenters. The van der Waals surface area contributed by atoms with E-state index in [0.717, 1.165) is 17.0 Å². The first-order valence-corrected chi connectivity index (χ1v) is 4.94. The lowest BCUT2D eigenvalue weighted by atomic mass is 10.1. The number of nitrogens with two attached hydrogens (primary N) is 1. The Morgan fingerprint density at radius 1 is 1.33 bits per heavy atom. The fourth-order valence-electron chi connectivity index (χ4n) is 1.52. The third-order valence-corrected chi connectivity index (χ3v) is 2.34. The summed E-state index contributed by atoms with van der Waals surface area (Å²) in [7, 11) is 0. The van der Waals surface area contributed by atoms with Crippen molar-refractivity contribution in [3.63, 3.8) is 0 Å². The molecule has 0 aliphatic carbocycles. The SMILES string of the molecule is Cc1cccc(-c2nc(C)c(CN)o2)c1. The van der Waals surface area contributed by atoms with Gasteiger partial charge < -0.3 is 10.2 Å². The predicted octanol–water partition coefficient (Wildman–Crippen LogP) is 2.42. The Labute approximate surface area is 88.9 Å². The Morgan fingerprint density at radius 2 is 2.13 bits per heavy atom. The van der Waals surface area contributed by atoms with Crippen LogP contribution in [-0.2, 0) is 6.54 Å². The lowest BCUT2D eigenvalue weighted by molar-refractivity contribution is 0.518. The molecule has 3 heteroatoms. The number of aromatic nitrogens is 1. The molecule has 0 aliphatic rings.